The first-order valence-corrected chi connectivity index (χ1v) is 6.16. The van der Waals surface area contributed by atoms with Crippen molar-refractivity contribution in [3.8, 4) is 0 Å². The molecular formula is C8H13NO2S2. The Bertz CT molecular complexity index is 404. The third-order valence-corrected chi connectivity index (χ3v) is 5.60. The monoisotopic (exact) mass is 219 g/mol. The van der Waals surface area contributed by atoms with Gasteiger partial charge in [0.05, 0.1) is 0 Å². The van der Waals surface area contributed by atoms with E-state index >= 15 is 0 Å². The number of aryl methyl sites for hydroxylation is 1. The maximum absolute atomic E-state index is 11.7. The van der Waals surface area contributed by atoms with Crippen LogP contribution in [0.1, 0.15) is 11.1 Å². The van der Waals surface area contributed by atoms with Gasteiger partial charge in [-0.25, -0.2) is 12.7 Å². The quantitative estimate of drug-likeness (QED) is 0.758. The molecule has 0 radical (unpaired) electrons. The minimum absolute atomic E-state index is 0.454. The van der Waals surface area contributed by atoms with E-state index in [2.05, 4.69) is 0 Å². The zero-order valence-corrected chi connectivity index (χ0v) is 9.79. The van der Waals surface area contributed by atoms with Crippen molar-refractivity contribution in [2.45, 2.75) is 18.1 Å². The molecule has 1 heterocycles. The topological polar surface area (TPSA) is 37.4 Å². The van der Waals surface area contributed by atoms with Crippen LogP contribution in [0.2, 0.25) is 0 Å². The molecule has 5 heteroatoms. The number of hydrogen-bond donors (Lipinski definition) is 0. The minimum Gasteiger partial charge on any atom is -0.206 e. The van der Waals surface area contributed by atoms with Crippen LogP contribution in [0, 0.1) is 13.8 Å². The molecule has 3 nitrogen and oxygen atoms in total. The summed E-state index contributed by atoms with van der Waals surface area (Å²) in [6, 6.07) is 0. The van der Waals surface area contributed by atoms with E-state index in [1.165, 1.54) is 15.6 Å². The number of sulfonamides is 1. The second-order valence-electron chi connectivity index (χ2n) is 3.12. The Morgan fingerprint density at radius 2 is 1.85 bits per heavy atom. The highest BCUT2D eigenvalue weighted by atomic mass is 32.2. The lowest BCUT2D eigenvalue weighted by Crippen LogP contribution is -2.21. The van der Waals surface area contributed by atoms with Crippen LogP contribution in [0.15, 0.2) is 9.59 Å². The highest BCUT2D eigenvalue weighted by Gasteiger charge is 2.21. The number of thiophene rings is 1. The molecule has 0 unspecified atom stereocenters. The first kappa shape index (κ1) is 10.7. The maximum atomic E-state index is 11.7. The van der Waals surface area contributed by atoms with E-state index in [4.69, 9.17) is 0 Å². The first-order valence-electron chi connectivity index (χ1n) is 3.84. The average Bonchev–Trinajstić information content (AvgIpc) is 2.33. The Balaban J connectivity index is 3.32. The van der Waals surface area contributed by atoms with E-state index in [0.29, 0.717) is 4.21 Å². The lowest BCUT2D eigenvalue weighted by Gasteiger charge is -2.10. The molecule has 0 saturated carbocycles. The van der Waals surface area contributed by atoms with E-state index in [-0.39, 0.29) is 0 Å². The summed E-state index contributed by atoms with van der Waals surface area (Å²) in [6.45, 7) is 3.75. The molecule has 1 aromatic rings. The van der Waals surface area contributed by atoms with Gasteiger partial charge < -0.3 is 0 Å². The number of rotatable bonds is 2. The van der Waals surface area contributed by atoms with Crippen LogP contribution < -0.4 is 0 Å². The molecule has 1 aromatic heterocycles. The standard InChI is InChI=1S/C8H13NO2S2/c1-6-5-12-8(7(6)2)13(10,11)9(3)4/h5H,1-4H3. The Morgan fingerprint density at radius 1 is 1.31 bits per heavy atom. The van der Waals surface area contributed by atoms with Crippen molar-refractivity contribution in [1.82, 2.24) is 4.31 Å². The molecule has 0 N–H and O–H groups in total. The van der Waals surface area contributed by atoms with Crippen LogP contribution in [0.3, 0.4) is 0 Å². The third kappa shape index (κ3) is 1.77. The van der Waals surface area contributed by atoms with Crippen LogP contribution in [0.5, 0.6) is 0 Å². The van der Waals surface area contributed by atoms with E-state index in [1.54, 1.807) is 14.1 Å². The molecule has 13 heavy (non-hydrogen) atoms. The summed E-state index contributed by atoms with van der Waals surface area (Å²) >= 11 is 1.28. The van der Waals surface area contributed by atoms with Gasteiger partial charge in [-0.2, -0.15) is 0 Å². The predicted molar refractivity (Wildman–Crippen MR) is 54.7 cm³/mol. The summed E-state index contributed by atoms with van der Waals surface area (Å²) in [5.74, 6) is 0. The molecular weight excluding hydrogens is 206 g/mol. The van der Waals surface area contributed by atoms with Gasteiger partial charge in [0.25, 0.3) is 10.0 Å². The van der Waals surface area contributed by atoms with Crippen molar-refractivity contribution in [3.63, 3.8) is 0 Å². The summed E-state index contributed by atoms with van der Waals surface area (Å²) in [5.41, 5.74) is 1.89. The molecule has 0 spiro atoms. The van der Waals surface area contributed by atoms with Crippen molar-refractivity contribution in [3.05, 3.63) is 16.5 Å². The van der Waals surface area contributed by atoms with E-state index in [0.717, 1.165) is 11.1 Å². The Morgan fingerprint density at radius 3 is 2.15 bits per heavy atom. The van der Waals surface area contributed by atoms with Gasteiger partial charge in [0.15, 0.2) is 0 Å². The Labute approximate surface area is 83.1 Å². The molecule has 0 aliphatic carbocycles. The maximum Gasteiger partial charge on any atom is 0.252 e. The van der Waals surface area contributed by atoms with E-state index in [9.17, 15) is 8.42 Å². The third-order valence-electron chi connectivity index (χ3n) is 1.96. The molecule has 0 amide bonds. The van der Waals surface area contributed by atoms with Crippen LogP contribution in [-0.2, 0) is 10.0 Å². The number of nitrogens with zero attached hydrogens (tertiary/aromatic N) is 1. The Kier molecular flexibility index (Phi) is 2.79. The molecule has 0 aromatic carbocycles. The van der Waals surface area contributed by atoms with Crippen molar-refractivity contribution in [1.29, 1.82) is 0 Å². The summed E-state index contributed by atoms with van der Waals surface area (Å²) in [5, 5.41) is 1.87. The molecule has 0 saturated heterocycles. The fourth-order valence-corrected chi connectivity index (χ4v) is 3.66. The smallest absolute Gasteiger partial charge is 0.206 e. The molecule has 0 aliphatic rings. The van der Waals surface area contributed by atoms with Crippen LogP contribution >= 0.6 is 11.3 Å². The van der Waals surface area contributed by atoms with E-state index < -0.39 is 10.0 Å². The van der Waals surface area contributed by atoms with Crippen LogP contribution in [-0.4, -0.2) is 26.8 Å². The highest BCUT2D eigenvalue weighted by molar-refractivity contribution is 7.91. The first-order chi connectivity index (χ1) is 5.87. The normalized spacial score (nSPS) is 12.4. The summed E-state index contributed by atoms with van der Waals surface area (Å²) in [4.78, 5) is 0. The fraction of sp³-hybridized carbons (Fsp3) is 0.500. The highest BCUT2D eigenvalue weighted by Crippen LogP contribution is 2.27. The lowest BCUT2D eigenvalue weighted by molar-refractivity contribution is 0.522. The average molecular weight is 219 g/mol. The molecule has 74 valence electrons. The largest absolute Gasteiger partial charge is 0.252 e. The zero-order chi connectivity index (χ0) is 10.2. The van der Waals surface area contributed by atoms with Gasteiger partial charge in [-0.1, -0.05) is 0 Å². The molecule has 1 rings (SSSR count). The minimum atomic E-state index is -3.23. The molecule has 0 atom stereocenters. The number of hydrogen-bond acceptors (Lipinski definition) is 3. The van der Waals surface area contributed by atoms with Crippen molar-refractivity contribution in [2.24, 2.45) is 0 Å². The van der Waals surface area contributed by atoms with Gasteiger partial charge >= 0.3 is 0 Å². The van der Waals surface area contributed by atoms with Gasteiger partial charge in [0.1, 0.15) is 4.21 Å². The van der Waals surface area contributed by atoms with E-state index in [1.807, 2.05) is 19.2 Å². The van der Waals surface area contributed by atoms with Gasteiger partial charge in [0, 0.05) is 14.1 Å². The predicted octanol–water partition coefficient (Wildman–Crippen LogP) is 1.62. The molecule has 0 fully saturated rings. The van der Waals surface area contributed by atoms with Crippen molar-refractivity contribution < 1.29 is 8.42 Å². The SMILES string of the molecule is Cc1csc(S(=O)(=O)N(C)C)c1C. The Hall–Kier alpha value is -0.390. The second kappa shape index (κ2) is 3.40. The lowest BCUT2D eigenvalue weighted by atomic mass is 10.2. The molecule has 0 aliphatic heterocycles. The van der Waals surface area contributed by atoms with Gasteiger partial charge in [0.2, 0.25) is 0 Å². The fourth-order valence-electron chi connectivity index (χ4n) is 0.900. The second-order valence-corrected chi connectivity index (χ2v) is 6.35. The van der Waals surface area contributed by atoms with Crippen molar-refractivity contribution >= 4 is 21.4 Å². The van der Waals surface area contributed by atoms with Crippen LogP contribution in [0.4, 0.5) is 0 Å². The summed E-state index contributed by atoms with van der Waals surface area (Å²) < 4.78 is 25.1. The van der Waals surface area contributed by atoms with Gasteiger partial charge in [-0.15, -0.1) is 11.3 Å². The van der Waals surface area contributed by atoms with Gasteiger partial charge in [-0.3, -0.25) is 0 Å². The van der Waals surface area contributed by atoms with Crippen LogP contribution in [0.25, 0.3) is 0 Å². The summed E-state index contributed by atoms with van der Waals surface area (Å²) in [6.07, 6.45) is 0. The van der Waals surface area contributed by atoms with Gasteiger partial charge in [-0.05, 0) is 30.4 Å². The van der Waals surface area contributed by atoms with Crippen molar-refractivity contribution in [2.75, 3.05) is 14.1 Å². The molecule has 0 bridgehead atoms. The zero-order valence-electron chi connectivity index (χ0n) is 8.16. The summed E-state index contributed by atoms with van der Waals surface area (Å²) in [7, 11) is -0.144.